The number of anilines is 1. The van der Waals surface area contributed by atoms with Gasteiger partial charge in [-0.15, -0.1) is 0 Å². The van der Waals surface area contributed by atoms with Crippen LogP contribution in [0.25, 0.3) is 11.1 Å². The standard InChI is InChI=1S/C26H29N/c1-6-10-12-25(9-4)27(24(8-3)11-7-2)26-19-17-23(18-20-26)22-15-13-21(5)14-16-22/h6,8-20H,1,3,7H2,2,4-5H3/b12-10-,24-11+,25-9+. The molecule has 0 aliphatic heterocycles. The molecule has 1 nitrogen and oxygen atoms in total. The Bertz CT molecular complexity index is 846. The van der Waals surface area contributed by atoms with Gasteiger partial charge in [-0.05, 0) is 55.7 Å². The molecule has 0 N–H and O–H groups in total. The molecule has 2 aromatic rings. The lowest BCUT2D eigenvalue weighted by atomic mass is 10.0. The number of benzene rings is 2. The van der Waals surface area contributed by atoms with E-state index in [0.29, 0.717) is 0 Å². The first-order valence-electron chi connectivity index (χ1n) is 9.39. The van der Waals surface area contributed by atoms with Gasteiger partial charge in [-0.25, -0.2) is 0 Å². The third-order valence-electron chi connectivity index (χ3n) is 4.35. The zero-order valence-electron chi connectivity index (χ0n) is 16.7. The second-order valence-corrected chi connectivity index (χ2v) is 6.30. The molecule has 0 unspecified atom stereocenters. The van der Waals surface area contributed by atoms with Gasteiger partial charge in [0.2, 0.25) is 0 Å². The summed E-state index contributed by atoms with van der Waals surface area (Å²) < 4.78 is 0. The molecular weight excluding hydrogens is 326 g/mol. The van der Waals surface area contributed by atoms with Crippen LogP contribution in [0, 0.1) is 6.92 Å². The number of aryl methyl sites for hydroxylation is 1. The van der Waals surface area contributed by atoms with Gasteiger partial charge in [-0.1, -0.05) is 86.3 Å². The van der Waals surface area contributed by atoms with Gasteiger partial charge in [0.15, 0.2) is 0 Å². The van der Waals surface area contributed by atoms with Crippen molar-refractivity contribution < 1.29 is 0 Å². The first-order chi connectivity index (χ1) is 13.1. The van der Waals surface area contributed by atoms with Gasteiger partial charge in [0.1, 0.15) is 0 Å². The molecule has 1 heteroatoms. The molecule has 0 aliphatic rings. The van der Waals surface area contributed by atoms with Crippen molar-refractivity contribution in [3.05, 3.63) is 115 Å². The minimum atomic E-state index is 0.946. The zero-order chi connectivity index (χ0) is 19.6. The molecule has 0 saturated carbocycles. The molecule has 0 bridgehead atoms. The Kier molecular flexibility index (Phi) is 7.63. The minimum absolute atomic E-state index is 0.946. The minimum Gasteiger partial charge on any atom is -0.311 e. The zero-order valence-corrected chi connectivity index (χ0v) is 16.7. The molecule has 0 spiro atoms. The highest BCUT2D eigenvalue weighted by molar-refractivity contribution is 5.70. The summed E-state index contributed by atoms with van der Waals surface area (Å²) in [5, 5.41) is 0. The number of hydrogen-bond donors (Lipinski definition) is 0. The van der Waals surface area contributed by atoms with Crippen molar-refractivity contribution in [3.8, 4) is 11.1 Å². The summed E-state index contributed by atoms with van der Waals surface area (Å²) in [6, 6.07) is 17.3. The topological polar surface area (TPSA) is 3.24 Å². The second-order valence-electron chi connectivity index (χ2n) is 6.30. The van der Waals surface area contributed by atoms with Crippen molar-refractivity contribution in [2.45, 2.75) is 27.2 Å². The average molecular weight is 356 g/mol. The van der Waals surface area contributed by atoms with E-state index in [1.807, 2.05) is 19.1 Å². The predicted molar refractivity (Wildman–Crippen MR) is 121 cm³/mol. The van der Waals surface area contributed by atoms with Crippen molar-refractivity contribution in [2.75, 3.05) is 4.90 Å². The van der Waals surface area contributed by atoms with Crippen LogP contribution in [0.5, 0.6) is 0 Å². The third kappa shape index (κ3) is 5.21. The highest BCUT2D eigenvalue weighted by Gasteiger charge is 2.13. The number of allylic oxidation sites excluding steroid dienone is 6. The molecule has 0 radical (unpaired) electrons. The Balaban J connectivity index is 2.47. The molecule has 2 rings (SSSR count). The highest BCUT2D eigenvalue weighted by atomic mass is 15.1. The van der Waals surface area contributed by atoms with Gasteiger partial charge >= 0.3 is 0 Å². The van der Waals surface area contributed by atoms with Crippen LogP contribution in [0.2, 0.25) is 0 Å². The van der Waals surface area contributed by atoms with Crippen molar-refractivity contribution in [3.63, 3.8) is 0 Å². The van der Waals surface area contributed by atoms with Crippen LogP contribution in [0.3, 0.4) is 0 Å². The Hall–Kier alpha value is -3.06. The van der Waals surface area contributed by atoms with E-state index in [9.17, 15) is 0 Å². The molecule has 2 aromatic carbocycles. The lowest BCUT2D eigenvalue weighted by Crippen LogP contribution is -2.19. The normalized spacial score (nSPS) is 12.3. The molecule has 0 fully saturated rings. The van der Waals surface area contributed by atoms with Crippen LogP contribution in [0.4, 0.5) is 5.69 Å². The van der Waals surface area contributed by atoms with Gasteiger partial charge in [0.25, 0.3) is 0 Å². The second kappa shape index (κ2) is 10.2. The molecule has 138 valence electrons. The summed E-state index contributed by atoms with van der Waals surface area (Å²) in [6.07, 6.45) is 12.9. The number of rotatable bonds is 8. The fourth-order valence-electron chi connectivity index (χ4n) is 2.94. The molecular formula is C26H29N. The summed E-state index contributed by atoms with van der Waals surface area (Å²) in [6.45, 7) is 14.1. The lowest BCUT2D eigenvalue weighted by Gasteiger charge is -2.27. The smallest absolute Gasteiger partial charge is 0.0461 e. The van der Waals surface area contributed by atoms with Crippen LogP contribution < -0.4 is 4.90 Å². The maximum atomic E-state index is 4.01. The lowest BCUT2D eigenvalue weighted by molar-refractivity contribution is 1.09. The summed E-state index contributed by atoms with van der Waals surface area (Å²) in [4.78, 5) is 2.22. The monoisotopic (exact) mass is 355 g/mol. The van der Waals surface area contributed by atoms with Gasteiger partial charge in [0.05, 0.1) is 0 Å². The fraction of sp³-hybridized carbons (Fsp3) is 0.154. The Morgan fingerprint density at radius 3 is 2.00 bits per heavy atom. The van der Waals surface area contributed by atoms with Gasteiger partial charge < -0.3 is 4.90 Å². The Morgan fingerprint density at radius 1 is 0.926 bits per heavy atom. The summed E-state index contributed by atoms with van der Waals surface area (Å²) in [7, 11) is 0. The van der Waals surface area contributed by atoms with Crippen LogP contribution in [-0.2, 0) is 0 Å². The van der Waals surface area contributed by atoms with Gasteiger partial charge in [0, 0.05) is 17.1 Å². The summed E-state index contributed by atoms with van der Waals surface area (Å²) in [5.74, 6) is 0. The predicted octanol–water partition coefficient (Wildman–Crippen LogP) is 7.59. The first-order valence-corrected chi connectivity index (χ1v) is 9.39. The van der Waals surface area contributed by atoms with E-state index < -0.39 is 0 Å². The van der Waals surface area contributed by atoms with Crippen molar-refractivity contribution >= 4 is 5.69 Å². The molecule has 0 atom stereocenters. The number of nitrogens with zero attached hydrogens (tertiary/aromatic N) is 1. The molecule has 0 aliphatic carbocycles. The largest absolute Gasteiger partial charge is 0.311 e. The summed E-state index contributed by atoms with van der Waals surface area (Å²) in [5.41, 5.74) is 6.97. The maximum absolute atomic E-state index is 4.01. The van der Waals surface area contributed by atoms with E-state index in [0.717, 1.165) is 23.5 Å². The molecule has 0 amide bonds. The Labute approximate surface area is 164 Å². The summed E-state index contributed by atoms with van der Waals surface area (Å²) >= 11 is 0. The van der Waals surface area contributed by atoms with Crippen molar-refractivity contribution in [1.82, 2.24) is 0 Å². The maximum Gasteiger partial charge on any atom is 0.0461 e. The van der Waals surface area contributed by atoms with E-state index in [1.165, 1.54) is 16.7 Å². The van der Waals surface area contributed by atoms with Crippen LogP contribution >= 0.6 is 0 Å². The van der Waals surface area contributed by atoms with Crippen LogP contribution in [0.1, 0.15) is 25.8 Å². The van der Waals surface area contributed by atoms with Crippen molar-refractivity contribution in [2.24, 2.45) is 0 Å². The van der Waals surface area contributed by atoms with Crippen LogP contribution in [-0.4, -0.2) is 0 Å². The average Bonchev–Trinajstić information content (AvgIpc) is 2.71. The van der Waals surface area contributed by atoms with Crippen molar-refractivity contribution in [1.29, 1.82) is 0 Å². The molecule has 0 aromatic heterocycles. The highest BCUT2D eigenvalue weighted by Crippen LogP contribution is 2.29. The molecule has 0 saturated heterocycles. The molecule has 0 heterocycles. The van der Waals surface area contributed by atoms with E-state index in [4.69, 9.17) is 0 Å². The van der Waals surface area contributed by atoms with Gasteiger partial charge in [-0.3, -0.25) is 0 Å². The molecule has 27 heavy (non-hydrogen) atoms. The fourth-order valence-corrected chi connectivity index (χ4v) is 2.94. The SMILES string of the molecule is C=C/C=C\C(=C/C)N(/C(C=C)=C/CC)c1ccc(-c2ccc(C)cc2)cc1. The third-order valence-corrected chi connectivity index (χ3v) is 4.35. The first kappa shape index (κ1) is 20.3. The van der Waals surface area contributed by atoms with E-state index in [1.54, 1.807) is 6.08 Å². The van der Waals surface area contributed by atoms with Gasteiger partial charge in [-0.2, -0.15) is 0 Å². The van der Waals surface area contributed by atoms with E-state index in [2.05, 4.69) is 98.7 Å². The Morgan fingerprint density at radius 2 is 1.52 bits per heavy atom. The van der Waals surface area contributed by atoms with Crippen LogP contribution in [0.15, 0.2) is 110 Å². The quantitative estimate of drug-likeness (QED) is 0.441. The van der Waals surface area contributed by atoms with E-state index in [-0.39, 0.29) is 0 Å². The van der Waals surface area contributed by atoms with E-state index >= 15 is 0 Å². The number of hydrogen-bond acceptors (Lipinski definition) is 1.